The van der Waals surface area contributed by atoms with E-state index in [0.29, 0.717) is 0 Å². The van der Waals surface area contributed by atoms with Crippen molar-refractivity contribution in [3.63, 3.8) is 0 Å². The van der Waals surface area contributed by atoms with Crippen LogP contribution in [-0.2, 0) is 6.42 Å². The summed E-state index contributed by atoms with van der Waals surface area (Å²) in [6, 6.07) is 21.2. The first-order valence-electron chi connectivity index (χ1n) is 9.44. The Labute approximate surface area is 160 Å². The topological polar surface area (TPSA) is 43.1 Å². The molecule has 4 aromatic heterocycles. The molecule has 0 N–H and O–H groups in total. The Bertz CT molecular complexity index is 1590. The molecule has 0 radical (unpaired) electrons. The Morgan fingerprint density at radius 3 is 2.54 bits per heavy atom. The second-order valence-corrected chi connectivity index (χ2v) is 7.34. The van der Waals surface area contributed by atoms with E-state index in [9.17, 15) is 0 Å². The number of hydrogen-bond acceptors (Lipinski definition) is 3. The average molecular weight is 358 g/mol. The van der Waals surface area contributed by atoms with Crippen LogP contribution >= 0.6 is 0 Å². The third kappa shape index (κ3) is 1.63. The van der Waals surface area contributed by atoms with Crippen molar-refractivity contribution in [2.45, 2.75) is 6.42 Å². The van der Waals surface area contributed by atoms with Gasteiger partial charge in [-0.25, -0.2) is 9.97 Å². The SMILES string of the molecule is c1ccc2c(c1)Cc1c-2ccc2nc3c4ncccc4c4cccnc4n3c12. The maximum Gasteiger partial charge on any atom is 0.166 e. The van der Waals surface area contributed by atoms with E-state index in [1.807, 2.05) is 24.5 Å². The van der Waals surface area contributed by atoms with Gasteiger partial charge in [-0.3, -0.25) is 9.38 Å². The number of rotatable bonds is 0. The highest BCUT2D eigenvalue weighted by atomic mass is 15.1. The molecule has 0 saturated carbocycles. The molecule has 4 nitrogen and oxygen atoms in total. The van der Waals surface area contributed by atoms with Crippen LogP contribution in [0.2, 0.25) is 0 Å². The summed E-state index contributed by atoms with van der Waals surface area (Å²) in [6.45, 7) is 0. The molecule has 0 unspecified atom stereocenters. The van der Waals surface area contributed by atoms with Crippen LogP contribution in [0.4, 0.5) is 0 Å². The maximum absolute atomic E-state index is 4.99. The van der Waals surface area contributed by atoms with Crippen LogP contribution in [0.1, 0.15) is 11.1 Å². The highest BCUT2D eigenvalue weighted by Crippen LogP contribution is 2.41. The Hall–Kier alpha value is -3.79. The van der Waals surface area contributed by atoms with Gasteiger partial charge in [0.2, 0.25) is 0 Å². The first kappa shape index (κ1) is 14.3. The number of pyridine rings is 3. The molecular weight excluding hydrogens is 344 g/mol. The smallest absolute Gasteiger partial charge is 0.166 e. The van der Waals surface area contributed by atoms with E-state index in [2.05, 4.69) is 57.9 Å². The number of hydrogen-bond donors (Lipinski definition) is 0. The van der Waals surface area contributed by atoms with Crippen LogP contribution in [0.15, 0.2) is 73.1 Å². The lowest BCUT2D eigenvalue weighted by Gasteiger charge is -2.08. The summed E-state index contributed by atoms with van der Waals surface area (Å²) in [4.78, 5) is 14.4. The summed E-state index contributed by atoms with van der Waals surface area (Å²) >= 11 is 0. The Balaban J connectivity index is 1.76. The van der Waals surface area contributed by atoms with Crippen molar-refractivity contribution in [3.05, 3.63) is 84.2 Å². The summed E-state index contributed by atoms with van der Waals surface area (Å²) in [5.41, 5.74) is 10.2. The molecule has 0 saturated heterocycles. The minimum absolute atomic E-state index is 0.876. The maximum atomic E-state index is 4.99. The Morgan fingerprint density at radius 2 is 1.57 bits per heavy atom. The molecular formula is C24H14N4. The molecule has 4 heteroatoms. The highest BCUT2D eigenvalue weighted by molar-refractivity contribution is 6.11. The van der Waals surface area contributed by atoms with E-state index in [1.165, 1.54) is 22.3 Å². The van der Waals surface area contributed by atoms with Crippen LogP contribution in [-0.4, -0.2) is 19.4 Å². The zero-order valence-electron chi connectivity index (χ0n) is 14.9. The van der Waals surface area contributed by atoms with Crippen LogP contribution < -0.4 is 0 Å². The molecule has 0 amide bonds. The predicted molar refractivity (Wildman–Crippen MR) is 112 cm³/mol. The first-order chi connectivity index (χ1) is 13.9. The quantitative estimate of drug-likeness (QED) is 0.352. The van der Waals surface area contributed by atoms with Crippen LogP contribution in [0, 0.1) is 0 Å². The number of nitrogens with zero attached hydrogens (tertiary/aromatic N) is 4. The minimum Gasteiger partial charge on any atom is -0.274 e. The molecule has 0 bridgehead atoms. The van der Waals surface area contributed by atoms with E-state index in [4.69, 9.17) is 9.97 Å². The summed E-state index contributed by atoms with van der Waals surface area (Å²) < 4.78 is 2.21. The second-order valence-electron chi connectivity index (χ2n) is 7.34. The Kier molecular flexibility index (Phi) is 2.51. The predicted octanol–water partition coefficient (Wildman–Crippen LogP) is 5.16. The molecule has 0 aliphatic heterocycles. The molecule has 4 heterocycles. The molecule has 1 aliphatic carbocycles. The van der Waals surface area contributed by atoms with E-state index < -0.39 is 0 Å². The van der Waals surface area contributed by atoms with Crippen molar-refractivity contribution < 1.29 is 0 Å². The van der Waals surface area contributed by atoms with Gasteiger partial charge in [0.15, 0.2) is 5.65 Å². The van der Waals surface area contributed by atoms with Gasteiger partial charge in [-0.1, -0.05) is 36.4 Å². The molecule has 2 aromatic carbocycles. The monoisotopic (exact) mass is 358 g/mol. The molecule has 0 fully saturated rings. The minimum atomic E-state index is 0.876. The fourth-order valence-electron chi connectivity index (χ4n) is 4.74. The molecule has 1 aliphatic rings. The lowest BCUT2D eigenvalue weighted by molar-refractivity contribution is 1.20. The molecule has 130 valence electrons. The van der Waals surface area contributed by atoms with Gasteiger partial charge in [-0.2, -0.15) is 0 Å². The van der Waals surface area contributed by atoms with Gasteiger partial charge in [0.25, 0.3) is 0 Å². The fourth-order valence-corrected chi connectivity index (χ4v) is 4.74. The average Bonchev–Trinajstić information content (AvgIpc) is 3.32. The standard InChI is InChI=1S/C24H14N4/c1-2-6-15-14(5-1)13-19-16(15)9-10-20-22(19)28-23-18(8-4-12-26-23)17-7-3-11-25-21(17)24(28)27-20/h1-12H,13H2. The molecule has 0 spiro atoms. The summed E-state index contributed by atoms with van der Waals surface area (Å²) in [5, 5.41) is 2.19. The largest absolute Gasteiger partial charge is 0.274 e. The van der Waals surface area contributed by atoms with Crippen LogP contribution in [0.3, 0.4) is 0 Å². The van der Waals surface area contributed by atoms with E-state index in [1.54, 1.807) is 0 Å². The Morgan fingerprint density at radius 1 is 0.714 bits per heavy atom. The van der Waals surface area contributed by atoms with Gasteiger partial charge in [0.1, 0.15) is 11.2 Å². The van der Waals surface area contributed by atoms with Crippen molar-refractivity contribution in [3.8, 4) is 11.1 Å². The molecule has 7 rings (SSSR count). The lowest BCUT2D eigenvalue weighted by Crippen LogP contribution is -1.96. The lowest BCUT2D eigenvalue weighted by atomic mass is 10.1. The second kappa shape index (κ2) is 4.93. The van der Waals surface area contributed by atoms with Gasteiger partial charge >= 0.3 is 0 Å². The zero-order chi connectivity index (χ0) is 18.2. The zero-order valence-corrected chi connectivity index (χ0v) is 14.9. The fraction of sp³-hybridized carbons (Fsp3) is 0.0417. The highest BCUT2D eigenvalue weighted by Gasteiger charge is 2.24. The number of benzene rings is 2. The number of aromatic nitrogens is 4. The van der Waals surface area contributed by atoms with E-state index in [-0.39, 0.29) is 0 Å². The van der Waals surface area contributed by atoms with Gasteiger partial charge in [0.05, 0.1) is 11.0 Å². The molecule has 28 heavy (non-hydrogen) atoms. The number of fused-ring (bicyclic) bond motifs is 12. The van der Waals surface area contributed by atoms with Gasteiger partial charge in [-0.15, -0.1) is 0 Å². The van der Waals surface area contributed by atoms with E-state index in [0.717, 1.165) is 45.0 Å². The van der Waals surface area contributed by atoms with Crippen molar-refractivity contribution in [2.75, 3.05) is 0 Å². The third-order valence-corrected chi connectivity index (χ3v) is 5.91. The normalized spacial score (nSPS) is 12.9. The molecule has 6 aromatic rings. The third-order valence-electron chi connectivity index (χ3n) is 5.91. The van der Waals surface area contributed by atoms with Gasteiger partial charge in [-0.05, 0) is 46.5 Å². The van der Waals surface area contributed by atoms with Crippen molar-refractivity contribution in [1.82, 2.24) is 19.4 Å². The number of imidazole rings is 1. The summed E-state index contributed by atoms with van der Waals surface area (Å²) in [5.74, 6) is 0. The van der Waals surface area contributed by atoms with Crippen molar-refractivity contribution >= 4 is 38.6 Å². The summed E-state index contributed by atoms with van der Waals surface area (Å²) in [7, 11) is 0. The summed E-state index contributed by atoms with van der Waals surface area (Å²) in [6.07, 6.45) is 4.61. The van der Waals surface area contributed by atoms with Crippen molar-refractivity contribution in [2.24, 2.45) is 0 Å². The molecule has 0 atom stereocenters. The van der Waals surface area contributed by atoms with Crippen LogP contribution in [0.5, 0.6) is 0 Å². The van der Waals surface area contributed by atoms with Crippen molar-refractivity contribution in [1.29, 1.82) is 0 Å². The van der Waals surface area contributed by atoms with Gasteiger partial charge < -0.3 is 0 Å². The first-order valence-corrected chi connectivity index (χ1v) is 9.44. The van der Waals surface area contributed by atoms with Crippen LogP contribution in [0.25, 0.3) is 49.7 Å². The van der Waals surface area contributed by atoms with Gasteiger partial charge in [0, 0.05) is 29.6 Å². The van der Waals surface area contributed by atoms with E-state index >= 15 is 0 Å².